The molecule has 0 aromatic heterocycles. The van der Waals surface area contributed by atoms with Crippen LogP contribution in [0.4, 0.5) is 4.79 Å². The highest BCUT2D eigenvalue weighted by atomic mass is 16.6. The Morgan fingerprint density at radius 1 is 1.11 bits per heavy atom. The van der Waals surface area contributed by atoms with E-state index in [-0.39, 0.29) is 31.5 Å². The van der Waals surface area contributed by atoms with Gasteiger partial charge >= 0.3 is 12.1 Å². The van der Waals surface area contributed by atoms with E-state index < -0.39 is 18.1 Å². The number of benzene rings is 2. The van der Waals surface area contributed by atoms with Gasteiger partial charge in [-0.2, -0.15) is 0 Å². The lowest BCUT2D eigenvalue weighted by atomic mass is 9.98. The summed E-state index contributed by atoms with van der Waals surface area (Å²) in [6, 6.07) is 14.6. The Balaban J connectivity index is 1.51. The molecular formula is C21H20N2O5. The third-order valence-corrected chi connectivity index (χ3v) is 5.46. The van der Waals surface area contributed by atoms with E-state index in [4.69, 9.17) is 4.74 Å². The van der Waals surface area contributed by atoms with Crippen LogP contribution in [-0.4, -0.2) is 53.7 Å². The van der Waals surface area contributed by atoms with Gasteiger partial charge in [-0.3, -0.25) is 9.69 Å². The molecule has 2 atom stereocenters. The number of carbonyl (C=O) groups excluding carboxylic acids is 2. The average Bonchev–Trinajstić information content (AvgIpc) is 3.26. The lowest BCUT2D eigenvalue weighted by Crippen LogP contribution is -2.41. The number of carboxylic acids is 1. The van der Waals surface area contributed by atoms with Crippen molar-refractivity contribution in [2.45, 2.75) is 24.4 Å². The van der Waals surface area contributed by atoms with Crippen molar-refractivity contribution in [3.05, 3.63) is 59.7 Å². The second-order valence-electron chi connectivity index (χ2n) is 7.03. The molecule has 7 nitrogen and oxygen atoms in total. The lowest BCUT2D eigenvalue weighted by molar-refractivity contribution is -0.141. The van der Waals surface area contributed by atoms with E-state index in [1.54, 1.807) is 0 Å². The third-order valence-electron chi connectivity index (χ3n) is 5.46. The van der Waals surface area contributed by atoms with Gasteiger partial charge in [0.05, 0.1) is 0 Å². The van der Waals surface area contributed by atoms with E-state index in [1.165, 1.54) is 4.90 Å². The van der Waals surface area contributed by atoms with Crippen LogP contribution in [0.1, 0.15) is 23.5 Å². The van der Waals surface area contributed by atoms with Crippen molar-refractivity contribution in [3.8, 4) is 11.1 Å². The number of likely N-dealkylation sites (tertiary alicyclic amines) is 1. The molecule has 2 aromatic rings. The molecule has 4 rings (SSSR count). The van der Waals surface area contributed by atoms with Crippen molar-refractivity contribution >= 4 is 18.5 Å². The summed E-state index contributed by atoms with van der Waals surface area (Å²) < 4.78 is 5.54. The normalized spacial score (nSPS) is 20.4. The Bertz CT molecular complexity index is 883. The zero-order chi connectivity index (χ0) is 19.7. The number of carboxylic acid groups (broad SMARTS) is 1. The number of nitrogens with zero attached hydrogens (tertiary/aromatic N) is 1. The minimum absolute atomic E-state index is 0.0915. The Kier molecular flexibility index (Phi) is 4.73. The topological polar surface area (TPSA) is 95.9 Å². The lowest BCUT2D eigenvalue weighted by Gasteiger charge is -2.22. The summed E-state index contributed by atoms with van der Waals surface area (Å²) in [5, 5.41) is 11.9. The molecule has 2 aliphatic rings. The van der Waals surface area contributed by atoms with Crippen molar-refractivity contribution in [1.82, 2.24) is 10.2 Å². The van der Waals surface area contributed by atoms with E-state index in [2.05, 4.69) is 5.32 Å². The summed E-state index contributed by atoms with van der Waals surface area (Å²) in [7, 11) is 0. The van der Waals surface area contributed by atoms with Gasteiger partial charge in [0.2, 0.25) is 6.41 Å². The fourth-order valence-corrected chi connectivity index (χ4v) is 4.17. The van der Waals surface area contributed by atoms with E-state index in [1.807, 2.05) is 48.5 Å². The zero-order valence-corrected chi connectivity index (χ0v) is 15.1. The highest BCUT2D eigenvalue weighted by Gasteiger charge is 2.41. The number of fused-ring (bicyclic) bond motifs is 3. The highest BCUT2D eigenvalue weighted by Crippen LogP contribution is 2.44. The van der Waals surface area contributed by atoms with Gasteiger partial charge in [0.1, 0.15) is 12.6 Å². The first kappa shape index (κ1) is 18.0. The monoisotopic (exact) mass is 380 g/mol. The standard InChI is InChI=1S/C21H20N2O5/c24-12-22-13-9-19(20(25)26)23(10-13)21(27)28-11-18-16-7-3-1-5-14(16)15-6-2-4-8-17(15)18/h1-8,12-13,18-19H,9-11H2,(H,22,24)(H,25,26)/t13-,19-/m0/s1. The molecule has 0 spiro atoms. The van der Waals surface area contributed by atoms with Crippen LogP contribution >= 0.6 is 0 Å². The molecular weight excluding hydrogens is 360 g/mol. The summed E-state index contributed by atoms with van der Waals surface area (Å²) in [5.41, 5.74) is 4.43. The molecule has 7 heteroatoms. The predicted octanol–water partition coefficient (Wildman–Crippen LogP) is 2.21. The number of rotatable bonds is 5. The number of ether oxygens (including phenoxy) is 1. The fraction of sp³-hybridized carbons (Fsp3) is 0.286. The van der Waals surface area contributed by atoms with Gasteiger partial charge in [0.25, 0.3) is 0 Å². The van der Waals surface area contributed by atoms with Crippen molar-refractivity contribution in [3.63, 3.8) is 0 Å². The molecule has 144 valence electrons. The third kappa shape index (κ3) is 3.09. The van der Waals surface area contributed by atoms with Gasteiger partial charge in [-0.1, -0.05) is 48.5 Å². The smallest absolute Gasteiger partial charge is 0.410 e. The van der Waals surface area contributed by atoms with Crippen LogP contribution in [0.5, 0.6) is 0 Å². The molecule has 0 unspecified atom stereocenters. The first-order valence-electron chi connectivity index (χ1n) is 9.14. The zero-order valence-electron chi connectivity index (χ0n) is 15.1. The van der Waals surface area contributed by atoms with Crippen molar-refractivity contribution < 1.29 is 24.2 Å². The number of aliphatic carboxylic acids is 1. The van der Waals surface area contributed by atoms with Gasteiger partial charge in [-0.05, 0) is 22.3 Å². The number of amides is 2. The Morgan fingerprint density at radius 3 is 2.29 bits per heavy atom. The van der Waals surface area contributed by atoms with Crippen molar-refractivity contribution in [2.24, 2.45) is 0 Å². The molecule has 28 heavy (non-hydrogen) atoms. The van der Waals surface area contributed by atoms with Gasteiger partial charge < -0.3 is 15.2 Å². The maximum atomic E-state index is 12.6. The largest absolute Gasteiger partial charge is 0.480 e. The first-order valence-corrected chi connectivity index (χ1v) is 9.14. The summed E-state index contributed by atoms with van der Waals surface area (Å²) in [6.45, 7) is 0.244. The maximum absolute atomic E-state index is 12.6. The molecule has 1 saturated heterocycles. The molecule has 0 saturated carbocycles. The van der Waals surface area contributed by atoms with Crippen LogP contribution in [0.2, 0.25) is 0 Å². The number of carbonyl (C=O) groups is 3. The SMILES string of the molecule is O=CN[C@H]1C[C@@H](C(=O)O)N(C(=O)OCC2c3ccccc3-c3ccccc32)C1. The predicted molar refractivity (Wildman–Crippen MR) is 101 cm³/mol. The summed E-state index contributed by atoms with van der Waals surface area (Å²) >= 11 is 0. The van der Waals surface area contributed by atoms with Gasteiger partial charge in [-0.15, -0.1) is 0 Å². The van der Waals surface area contributed by atoms with Gasteiger partial charge in [0.15, 0.2) is 0 Å². The maximum Gasteiger partial charge on any atom is 0.410 e. The quantitative estimate of drug-likeness (QED) is 0.776. The molecule has 1 aliphatic carbocycles. The molecule has 1 fully saturated rings. The van der Waals surface area contributed by atoms with E-state index in [9.17, 15) is 19.5 Å². The van der Waals surface area contributed by atoms with Crippen LogP contribution in [-0.2, 0) is 14.3 Å². The van der Waals surface area contributed by atoms with E-state index in [0.29, 0.717) is 6.41 Å². The molecule has 2 N–H and O–H groups in total. The highest BCUT2D eigenvalue weighted by molar-refractivity contribution is 5.82. The molecule has 0 bridgehead atoms. The minimum Gasteiger partial charge on any atom is -0.480 e. The van der Waals surface area contributed by atoms with Gasteiger partial charge in [-0.25, -0.2) is 9.59 Å². The Labute approximate surface area is 161 Å². The molecule has 2 amide bonds. The van der Waals surface area contributed by atoms with Crippen LogP contribution in [0.3, 0.4) is 0 Å². The summed E-state index contributed by atoms with van der Waals surface area (Å²) in [5.74, 6) is -1.20. The second kappa shape index (κ2) is 7.34. The number of hydrogen-bond acceptors (Lipinski definition) is 4. The second-order valence-corrected chi connectivity index (χ2v) is 7.03. The summed E-state index contributed by atoms with van der Waals surface area (Å²) in [6.07, 6.45) is 0.00718. The minimum atomic E-state index is -1.11. The molecule has 0 radical (unpaired) electrons. The van der Waals surface area contributed by atoms with Crippen molar-refractivity contribution in [1.29, 1.82) is 0 Å². The van der Waals surface area contributed by atoms with E-state index in [0.717, 1.165) is 22.3 Å². The Morgan fingerprint density at radius 2 is 1.71 bits per heavy atom. The molecule has 2 aromatic carbocycles. The average molecular weight is 380 g/mol. The first-order chi connectivity index (χ1) is 13.6. The van der Waals surface area contributed by atoms with Crippen LogP contribution in [0.25, 0.3) is 11.1 Å². The van der Waals surface area contributed by atoms with E-state index >= 15 is 0 Å². The fourth-order valence-electron chi connectivity index (χ4n) is 4.17. The molecule has 1 heterocycles. The van der Waals surface area contributed by atoms with Crippen molar-refractivity contribution in [2.75, 3.05) is 13.2 Å². The summed E-state index contributed by atoms with van der Waals surface area (Å²) in [4.78, 5) is 35.9. The number of nitrogens with one attached hydrogen (secondary N) is 1. The molecule has 1 aliphatic heterocycles. The number of hydrogen-bond donors (Lipinski definition) is 2. The van der Waals surface area contributed by atoms with Crippen LogP contribution in [0, 0.1) is 0 Å². The Hall–Kier alpha value is -3.35. The van der Waals surface area contributed by atoms with Crippen LogP contribution in [0.15, 0.2) is 48.5 Å². The van der Waals surface area contributed by atoms with Crippen LogP contribution < -0.4 is 5.32 Å². The van der Waals surface area contributed by atoms with Gasteiger partial charge in [0, 0.05) is 24.9 Å².